The largest absolute Gasteiger partial charge is 0.494 e. The number of benzene rings is 1. The molecule has 2 heterocycles. The lowest BCUT2D eigenvalue weighted by Gasteiger charge is -2.26. The Morgan fingerprint density at radius 2 is 1.95 bits per heavy atom. The lowest BCUT2D eigenvalue weighted by molar-refractivity contribution is 0.205. The molecule has 0 aliphatic carbocycles. The van der Waals surface area contributed by atoms with E-state index in [4.69, 9.17) is 4.74 Å². The van der Waals surface area contributed by atoms with Crippen LogP contribution in [0.5, 0.6) is 5.75 Å². The Morgan fingerprint density at radius 3 is 2.76 bits per heavy atom. The van der Waals surface area contributed by atoms with Gasteiger partial charge in [0.05, 0.1) is 6.61 Å². The number of rotatable bonds is 6. The van der Waals surface area contributed by atoms with Gasteiger partial charge < -0.3 is 14.6 Å². The summed E-state index contributed by atoms with van der Waals surface area (Å²) in [5, 5.41) is 0. The maximum absolute atomic E-state index is 5.90. The van der Waals surface area contributed by atoms with Gasteiger partial charge in [-0.15, -0.1) is 0 Å². The molecule has 112 valence electrons. The van der Waals surface area contributed by atoms with Gasteiger partial charge in [0.2, 0.25) is 0 Å². The molecule has 0 amide bonds. The van der Waals surface area contributed by atoms with Crippen molar-refractivity contribution in [3.05, 3.63) is 42.6 Å². The number of nitrogens with one attached hydrogen (secondary N) is 1. The van der Waals surface area contributed by atoms with E-state index in [1.54, 1.807) is 0 Å². The van der Waals surface area contributed by atoms with Gasteiger partial charge in [-0.3, -0.25) is 0 Å². The monoisotopic (exact) mass is 284 g/mol. The highest BCUT2D eigenvalue weighted by Gasteiger charge is 2.09. The number of H-pyrrole nitrogens is 1. The van der Waals surface area contributed by atoms with Crippen molar-refractivity contribution in [1.82, 2.24) is 9.88 Å². The van der Waals surface area contributed by atoms with E-state index in [1.807, 2.05) is 18.3 Å². The van der Waals surface area contributed by atoms with Crippen molar-refractivity contribution >= 4 is 0 Å². The number of aromatic amines is 1. The summed E-state index contributed by atoms with van der Waals surface area (Å²) < 4.78 is 5.90. The van der Waals surface area contributed by atoms with Crippen molar-refractivity contribution in [3.63, 3.8) is 0 Å². The Hall–Kier alpha value is -1.74. The van der Waals surface area contributed by atoms with Gasteiger partial charge in [-0.2, -0.15) is 0 Å². The molecule has 1 aliphatic heterocycles. The van der Waals surface area contributed by atoms with Gasteiger partial charge in [0.1, 0.15) is 5.75 Å². The van der Waals surface area contributed by atoms with E-state index >= 15 is 0 Å². The zero-order chi connectivity index (χ0) is 14.3. The van der Waals surface area contributed by atoms with Crippen molar-refractivity contribution in [2.24, 2.45) is 0 Å². The summed E-state index contributed by atoms with van der Waals surface area (Å²) in [6, 6.07) is 12.4. The molecule has 1 fully saturated rings. The quantitative estimate of drug-likeness (QED) is 0.814. The summed E-state index contributed by atoms with van der Waals surface area (Å²) in [5.74, 6) is 0.959. The van der Waals surface area contributed by atoms with E-state index in [2.05, 4.69) is 34.1 Å². The molecular formula is C18H24N2O. The smallest absolute Gasteiger partial charge is 0.119 e. The van der Waals surface area contributed by atoms with E-state index in [9.17, 15) is 0 Å². The molecule has 0 unspecified atom stereocenters. The predicted octanol–water partition coefficient (Wildman–Crippen LogP) is 3.94. The third-order valence-corrected chi connectivity index (χ3v) is 4.08. The second-order valence-corrected chi connectivity index (χ2v) is 5.72. The van der Waals surface area contributed by atoms with Gasteiger partial charge in [-0.05, 0) is 56.6 Å². The lowest BCUT2D eigenvalue weighted by atomic mass is 10.1. The average molecular weight is 284 g/mol. The first-order valence-corrected chi connectivity index (χ1v) is 8.01. The average Bonchev–Trinajstić information content (AvgIpc) is 3.07. The van der Waals surface area contributed by atoms with Crippen molar-refractivity contribution in [2.45, 2.75) is 25.7 Å². The minimum atomic E-state index is 0.796. The number of piperidine rings is 1. The first kappa shape index (κ1) is 14.2. The zero-order valence-electron chi connectivity index (χ0n) is 12.6. The van der Waals surface area contributed by atoms with Crippen LogP contribution in [0.4, 0.5) is 0 Å². The highest BCUT2D eigenvalue weighted by molar-refractivity contribution is 5.61. The Balaban J connectivity index is 1.46. The number of hydrogen-bond donors (Lipinski definition) is 1. The molecule has 0 radical (unpaired) electrons. The van der Waals surface area contributed by atoms with Gasteiger partial charge >= 0.3 is 0 Å². The zero-order valence-corrected chi connectivity index (χ0v) is 12.6. The summed E-state index contributed by atoms with van der Waals surface area (Å²) in [6.07, 6.45) is 7.17. The van der Waals surface area contributed by atoms with Gasteiger partial charge in [-0.25, -0.2) is 0 Å². The summed E-state index contributed by atoms with van der Waals surface area (Å²) >= 11 is 0. The first-order valence-electron chi connectivity index (χ1n) is 8.01. The van der Waals surface area contributed by atoms with E-state index in [-0.39, 0.29) is 0 Å². The molecule has 21 heavy (non-hydrogen) atoms. The predicted molar refractivity (Wildman–Crippen MR) is 86.6 cm³/mol. The SMILES string of the molecule is c1cc(OCCCN2CCCCC2)cc(-c2ccc[nH]2)c1. The minimum absolute atomic E-state index is 0.796. The maximum Gasteiger partial charge on any atom is 0.119 e. The second-order valence-electron chi connectivity index (χ2n) is 5.72. The number of likely N-dealkylation sites (tertiary alicyclic amines) is 1. The molecule has 3 heteroatoms. The van der Waals surface area contributed by atoms with Crippen LogP contribution in [-0.4, -0.2) is 36.1 Å². The van der Waals surface area contributed by atoms with Crippen LogP contribution < -0.4 is 4.74 Å². The number of nitrogens with zero attached hydrogens (tertiary/aromatic N) is 1. The van der Waals surface area contributed by atoms with Crippen LogP contribution in [0.15, 0.2) is 42.6 Å². The van der Waals surface area contributed by atoms with Gasteiger partial charge in [-0.1, -0.05) is 18.6 Å². The molecule has 3 rings (SSSR count). The van der Waals surface area contributed by atoms with Crippen LogP contribution in [0.3, 0.4) is 0 Å². The third-order valence-electron chi connectivity index (χ3n) is 4.08. The molecule has 0 bridgehead atoms. The molecule has 0 spiro atoms. The van der Waals surface area contributed by atoms with E-state index in [0.29, 0.717) is 0 Å². The van der Waals surface area contributed by atoms with E-state index in [0.717, 1.165) is 31.0 Å². The Bertz CT molecular complexity index is 530. The molecule has 0 saturated carbocycles. The highest BCUT2D eigenvalue weighted by atomic mass is 16.5. The maximum atomic E-state index is 5.90. The van der Waals surface area contributed by atoms with Crippen LogP contribution in [-0.2, 0) is 0 Å². The third kappa shape index (κ3) is 4.11. The van der Waals surface area contributed by atoms with Crippen LogP contribution >= 0.6 is 0 Å². The van der Waals surface area contributed by atoms with Crippen LogP contribution in [0.25, 0.3) is 11.3 Å². The van der Waals surface area contributed by atoms with Crippen LogP contribution in [0.1, 0.15) is 25.7 Å². The Morgan fingerprint density at radius 1 is 1.05 bits per heavy atom. The Labute approximate surface area is 126 Å². The topological polar surface area (TPSA) is 28.3 Å². The van der Waals surface area contributed by atoms with Crippen molar-refractivity contribution < 1.29 is 4.74 Å². The van der Waals surface area contributed by atoms with Crippen molar-refractivity contribution in [1.29, 1.82) is 0 Å². The van der Waals surface area contributed by atoms with Gasteiger partial charge in [0, 0.05) is 24.0 Å². The molecular weight excluding hydrogens is 260 g/mol. The molecule has 1 aliphatic rings. The first-order chi connectivity index (χ1) is 10.4. The fraction of sp³-hybridized carbons (Fsp3) is 0.444. The molecule has 1 aromatic carbocycles. The van der Waals surface area contributed by atoms with Gasteiger partial charge in [0.15, 0.2) is 0 Å². The molecule has 3 nitrogen and oxygen atoms in total. The standard InChI is InChI=1S/C18H24N2O/c1-2-11-20(12-3-1)13-6-14-21-17-8-4-7-16(15-17)18-9-5-10-19-18/h4-5,7-10,15,19H,1-3,6,11-14H2. The summed E-state index contributed by atoms with van der Waals surface area (Å²) in [5.41, 5.74) is 2.31. The minimum Gasteiger partial charge on any atom is -0.494 e. The van der Waals surface area contributed by atoms with E-state index in [1.165, 1.54) is 37.9 Å². The summed E-state index contributed by atoms with van der Waals surface area (Å²) in [6.45, 7) is 4.49. The molecule has 1 N–H and O–H groups in total. The summed E-state index contributed by atoms with van der Waals surface area (Å²) in [4.78, 5) is 5.79. The fourth-order valence-corrected chi connectivity index (χ4v) is 2.92. The number of aromatic nitrogens is 1. The molecule has 1 saturated heterocycles. The molecule has 1 aromatic heterocycles. The van der Waals surface area contributed by atoms with E-state index < -0.39 is 0 Å². The normalized spacial score (nSPS) is 16.0. The van der Waals surface area contributed by atoms with Crippen molar-refractivity contribution in [2.75, 3.05) is 26.2 Å². The number of ether oxygens (including phenoxy) is 1. The molecule has 0 atom stereocenters. The fourth-order valence-electron chi connectivity index (χ4n) is 2.92. The van der Waals surface area contributed by atoms with Crippen LogP contribution in [0, 0.1) is 0 Å². The van der Waals surface area contributed by atoms with Gasteiger partial charge in [0.25, 0.3) is 0 Å². The highest BCUT2D eigenvalue weighted by Crippen LogP contribution is 2.22. The lowest BCUT2D eigenvalue weighted by Crippen LogP contribution is -2.31. The van der Waals surface area contributed by atoms with Crippen LogP contribution in [0.2, 0.25) is 0 Å². The molecule has 2 aromatic rings. The van der Waals surface area contributed by atoms with Crippen molar-refractivity contribution in [3.8, 4) is 17.0 Å². The Kier molecular flexibility index (Phi) is 4.95. The summed E-state index contributed by atoms with van der Waals surface area (Å²) in [7, 11) is 0. The number of hydrogen-bond acceptors (Lipinski definition) is 2. The second kappa shape index (κ2) is 7.32.